The first-order valence-electron chi connectivity index (χ1n) is 10.9. The van der Waals surface area contributed by atoms with Gasteiger partial charge in [-0.25, -0.2) is 14.4 Å². The highest BCUT2D eigenvalue weighted by atomic mass is 19.4. The van der Waals surface area contributed by atoms with Gasteiger partial charge in [0.15, 0.2) is 17.3 Å². The van der Waals surface area contributed by atoms with E-state index in [1.54, 1.807) is 6.20 Å². The zero-order chi connectivity index (χ0) is 25.5. The van der Waals surface area contributed by atoms with Crippen LogP contribution in [-0.4, -0.2) is 59.4 Å². The number of rotatable bonds is 6. The van der Waals surface area contributed by atoms with Crippen LogP contribution in [0.3, 0.4) is 0 Å². The standard InChI is InChI=1S/C22H25F4N7O2/c1-13-6-17(22(24,25)26)30-33(13)11-19(35)29-14-7-16(23)20(27-8-14)31-10-18(28-12-31)21(2,3)32-5-4-15(34)9-32/h6-8,10,12,15,34H,4-5,9,11H2,1-3H3,(H,29,35). The number of alkyl halides is 3. The fourth-order valence-corrected chi connectivity index (χ4v) is 4.00. The highest BCUT2D eigenvalue weighted by molar-refractivity contribution is 5.90. The molecule has 2 N–H and O–H groups in total. The monoisotopic (exact) mass is 495 g/mol. The molecule has 0 aromatic carbocycles. The molecule has 188 valence electrons. The van der Waals surface area contributed by atoms with Crippen LogP contribution in [0.5, 0.6) is 0 Å². The molecule has 1 saturated heterocycles. The van der Waals surface area contributed by atoms with Gasteiger partial charge in [0.05, 0.1) is 29.2 Å². The zero-order valence-corrected chi connectivity index (χ0v) is 19.3. The molecule has 1 aliphatic heterocycles. The van der Waals surface area contributed by atoms with Gasteiger partial charge in [0.25, 0.3) is 0 Å². The average molecular weight is 495 g/mol. The van der Waals surface area contributed by atoms with Gasteiger partial charge >= 0.3 is 6.18 Å². The Balaban J connectivity index is 1.45. The topological polar surface area (TPSA) is 101 Å². The average Bonchev–Trinajstić information content (AvgIpc) is 3.49. The van der Waals surface area contributed by atoms with Crippen LogP contribution in [0.25, 0.3) is 5.82 Å². The van der Waals surface area contributed by atoms with Crippen LogP contribution in [0, 0.1) is 12.7 Å². The van der Waals surface area contributed by atoms with E-state index in [1.165, 1.54) is 24.0 Å². The van der Waals surface area contributed by atoms with Crippen molar-refractivity contribution < 1.29 is 27.5 Å². The fraction of sp³-hybridized carbons (Fsp3) is 0.455. The van der Waals surface area contributed by atoms with Crippen LogP contribution >= 0.6 is 0 Å². The molecule has 3 aromatic heterocycles. The third kappa shape index (κ3) is 5.20. The van der Waals surface area contributed by atoms with Gasteiger partial charge in [-0.1, -0.05) is 0 Å². The maximum absolute atomic E-state index is 14.8. The lowest BCUT2D eigenvalue weighted by atomic mass is 9.99. The Morgan fingerprint density at radius 2 is 1.97 bits per heavy atom. The van der Waals surface area contributed by atoms with Gasteiger partial charge in [-0.3, -0.25) is 18.9 Å². The van der Waals surface area contributed by atoms with Gasteiger partial charge in [-0.05, 0) is 33.3 Å². The number of aromatic nitrogens is 5. The molecule has 13 heteroatoms. The fourth-order valence-electron chi connectivity index (χ4n) is 4.00. The SMILES string of the molecule is Cc1cc(C(F)(F)F)nn1CC(=O)Nc1cnc(-n2cnc(C(C)(C)N3CCC(O)C3)c2)c(F)c1. The number of β-amino-alcohol motifs (C(OH)–C–C–N with tert-alkyl or cyclic N) is 1. The van der Waals surface area contributed by atoms with Gasteiger partial charge < -0.3 is 10.4 Å². The Bertz CT molecular complexity index is 1230. The number of pyridine rings is 1. The van der Waals surface area contributed by atoms with E-state index in [2.05, 4.69) is 25.3 Å². The minimum Gasteiger partial charge on any atom is -0.392 e. The van der Waals surface area contributed by atoms with Crippen molar-refractivity contribution in [2.45, 2.75) is 51.6 Å². The molecule has 35 heavy (non-hydrogen) atoms. The summed E-state index contributed by atoms with van der Waals surface area (Å²) in [7, 11) is 0. The first-order chi connectivity index (χ1) is 16.3. The van der Waals surface area contributed by atoms with Crippen molar-refractivity contribution in [2.75, 3.05) is 18.4 Å². The Morgan fingerprint density at radius 3 is 2.57 bits per heavy atom. The van der Waals surface area contributed by atoms with Gasteiger partial charge in [-0.15, -0.1) is 0 Å². The minimum absolute atomic E-state index is 0.0308. The Kier molecular flexibility index (Phi) is 6.40. The normalized spacial score (nSPS) is 17.2. The lowest BCUT2D eigenvalue weighted by molar-refractivity contribution is -0.141. The first kappa shape index (κ1) is 24.8. The third-order valence-electron chi connectivity index (χ3n) is 6.08. The maximum atomic E-state index is 14.8. The molecule has 1 amide bonds. The van der Waals surface area contributed by atoms with Crippen LogP contribution in [0.1, 0.15) is 37.4 Å². The molecule has 0 spiro atoms. The minimum atomic E-state index is -4.62. The van der Waals surface area contributed by atoms with Gasteiger partial charge in [0.2, 0.25) is 5.91 Å². The number of carbonyl (C=O) groups is 1. The molecule has 3 aromatic rings. The molecule has 0 aliphatic carbocycles. The second-order valence-electron chi connectivity index (χ2n) is 9.02. The number of imidazole rings is 1. The van der Waals surface area contributed by atoms with Crippen LogP contribution in [0.2, 0.25) is 0 Å². The molecule has 9 nitrogen and oxygen atoms in total. The Morgan fingerprint density at radius 1 is 1.23 bits per heavy atom. The Labute approximate surface area is 198 Å². The van der Waals surface area contributed by atoms with Crippen LogP contribution in [0.4, 0.5) is 23.2 Å². The predicted octanol–water partition coefficient (Wildman–Crippen LogP) is 2.87. The summed E-state index contributed by atoms with van der Waals surface area (Å²) in [4.78, 5) is 22.9. The number of aliphatic hydroxyl groups excluding tert-OH is 1. The molecule has 1 fully saturated rings. The van der Waals surface area contributed by atoms with E-state index in [0.29, 0.717) is 18.7 Å². The largest absolute Gasteiger partial charge is 0.435 e. The van der Waals surface area contributed by atoms with Crippen molar-refractivity contribution in [1.82, 2.24) is 29.2 Å². The summed E-state index contributed by atoms with van der Waals surface area (Å²) in [5.41, 5.74) is -0.691. The number of amides is 1. The molecular formula is C22H25F4N7O2. The molecule has 0 radical (unpaired) electrons. The highest BCUT2D eigenvalue weighted by Crippen LogP contribution is 2.31. The van der Waals surface area contributed by atoms with Crippen LogP contribution < -0.4 is 5.32 Å². The molecule has 4 rings (SSSR count). The van der Waals surface area contributed by atoms with Crippen molar-refractivity contribution in [2.24, 2.45) is 0 Å². The molecule has 0 saturated carbocycles. The summed E-state index contributed by atoms with van der Waals surface area (Å²) in [5.74, 6) is -1.44. The van der Waals surface area contributed by atoms with E-state index in [1.807, 2.05) is 13.8 Å². The number of anilines is 1. The van der Waals surface area contributed by atoms with Crippen molar-refractivity contribution in [1.29, 1.82) is 0 Å². The number of aryl methyl sites for hydroxylation is 1. The lowest BCUT2D eigenvalue weighted by Crippen LogP contribution is -2.40. The van der Waals surface area contributed by atoms with E-state index in [9.17, 15) is 27.5 Å². The number of hydrogen-bond donors (Lipinski definition) is 2. The number of carbonyl (C=O) groups excluding carboxylic acids is 1. The second kappa shape index (κ2) is 9.04. The number of halogens is 4. The van der Waals surface area contributed by atoms with Crippen molar-refractivity contribution in [3.8, 4) is 5.82 Å². The Hall–Kier alpha value is -3.32. The van der Waals surface area contributed by atoms with E-state index in [4.69, 9.17) is 0 Å². The van der Waals surface area contributed by atoms with Gasteiger partial charge in [0.1, 0.15) is 12.9 Å². The molecule has 1 unspecified atom stereocenters. The highest BCUT2D eigenvalue weighted by Gasteiger charge is 2.36. The quantitative estimate of drug-likeness (QED) is 0.510. The smallest absolute Gasteiger partial charge is 0.392 e. The number of nitrogens with one attached hydrogen (secondary N) is 1. The molecular weight excluding hydrogens is 470 g/mol. The van der Waals surface area contributed by atoms with Crippen molar-refractivity contribution in [3.05, 3.63) is 53.8 Å². The third-order valence-corrected chi connectivity index (χ3v) is 6.08. The second-order valence-corrected chi connectivity index (χ2v) is 9.02. The molecule has 4 heterocycles. The lowest BCUT2D eigenvalue weighted by Gasteiger charge is -2.33. The van der Waals surface area contributed by atoms with Crippen molar-refractivity contribution >= 4 is 11.6 Å². The summed E-state index contributed by atoms with van der Waals surface area (Å²) in [6, 6.07) is 1.91. The van der Waals surface area contributed by atoms with E-state index >= 15 is 0 Å². The first-order valence-corrected chi connectivity index (χ1v) is 10.9. The van der Waals surface area contributed by atoms with Gasteiger partial charge in [-0.2, -0.15) is 18.3 Å². The molecule has 1 atom stereocenters. The zero-order valence-electron chi connectivity index (χ0n) is 19.3. The number of nitrogens with zero attached hydrogens (tertiary/aromatic N) is 6. The maximum Gasteiger partial charge on any atom is 0.435 e. The number of aliphatic hydroxyl groups is 1. The summed E-state index contributed by atoms with van der Waals surface area (Å²) in [6.45, 7) is 6.11. The summed E-state index contributed by atoms with van der Waals surface area (Å²) in [6.07, 6.45) is 0.0144. The van der Waals surface area contributed by atoms with E-state index in [-0.39, 0.29) is 23.3 Å². The van der Waals surface area contributed by atoms with E-state index < -0.39 is 35.7 Å². The number of likely N-dealkylation sites (tertiary alicyclic amines) is 1. The summed E-state index contributed by atoms with van der Waals surface area (Å²) >= 11 is 0. The van der Waals surface area contributed by atoms with Crippen LogP contribution in [-0.2, 0) is 23.1 Å². The van der Waals surface area contributed by atoms with E-state index in [0.717, 1.165) is 23.4 Å². The summed E-state index contributed by atoms with van der Waals surface area (Å²) < 4.78 is 55.6. The summed E-state index contributed by atoms with van der Waals surface area (Å²) in [5, 5.41) is 15.7. The van der Waals surface area contributed by atoms with Crippen LogP contribution in [0.15, 0.2) is 30.9 Å². The van der Waals surface area contributed by atoms with Gasteiger partial charge in [0, 0.05) is 31.0 Å². The predicted molar refractivity (Wildman–Crippen MR) is 117 cm³/mol. The number of hydrogen-bond acceptors (Lipinski definition) is 6. The van der Waals surface area contributed by atoms with Crippen molar-refractivity contribution in [3.63, 3.8) is 0 Å². The molecule has 0 bridgehead atoms. The molecule has 1 aliphatic rings.